The summed E-state index contributed by atoms with van der Waals surface area (Å²) in [4.78, 5) is 19.4. The summed E-state index contributed by atoms with van der Waals surface area (Å²) in [5.41, 5.74) is 3.26. The van der Waals surface area contributed by atoms with Gasteiger partial charge in [-0.25, -0.2) is 13.4 Å². The maximum atomic E-state index is 13.4. The lowest BCUT2D eigenvalue weighted by Crippen LogP contribution is -2.40. The number of nitrogens with zero attached hydrogens (tertiary/aromatic N) is 3. The Labute approximate surface area is 158 Å². The summed E-state index contributed by atoms with van der Waals surface area (Å²) in [5.74, 6) is -0.129. The normalized spacial score (nSPS) is 15.6. The number of imidazole rings is 1. The third kappa shape index (κ3) is 3.02. The summed E-state index contributed by atoms with van der Waals surface area (Å²) in [7, 11) is -3.58. The van der Waals surface area contributed by atoms with Crippen molar-refractivity contribution < 1.29 is 13.2 Å². The van der Waals surface area contributed by atoms with Crippen LogP contribution in [-0.4, -0.2) is 36.7 Å². The van der Waals surface area contributed by atoms with Crippen LogP contribution in [0.2, 0.25) is 0 Å². The molecule has 0 spiro atoms. The molecule has 3 aromatic rings. The van der Waals surface area contributed by atoms with E-state index in [4.69, 9.17) is 0 Å². The van der Waals surface area contributed by atoms with E-state index in [9.17, 15) is 13.2 Å². The molecule has 1 aromatic heterocycles. The standard InChI is InChI=1S/C20H21N3O3S/c1-14(19(24)22-13-7-9-15-8-3-5-11-17(15)22)23-18-12-6-4-10-16(18)21-20(23)27(2,25)26/h3-6,8,10-12,14H,7,9,13H2,1-2H3. The summed E-state index contributed by atoms with van der Waals surface area (Å²) in [5, 5.41) is -0.0742. The molecule has 2 heterocycles. The van der Waals surface area contributed by atoms with Crippen molar-refractivity contribution in [2.45, 2.75) is 31.0 Å². The second-order valence-electron chi connectivity index (χ2n) is 6.92. The number of sulfone groups is 1. The van der Waals surface area contributed by atoms with Crippen LogP contribution in [0.4, 0.5) is 5.69 Å². The van der Waals surface area contributed by atoms with E-state index in [1.165, 1.54) is 0 Å². The quantitative estimate of drug-likeness (QED) is 0.697. The first-order chi connectivity index (χ1) is 12.9. The second kappa shape index (κ2) is 6.49. The Kier molecular flexibility index (Phi) is 4.26. The van der Waals surface area contributed by atoms with Gasteiger partial charge in [-0.1, -0.05) is 30.3 Å². The minimum absolute atomic E-state index is 0.0742. The fourth-order valence-corrected chi connectivity index (χ4v) is 4.63. The molecule has 0 saturated heterocycles. The van der Waals surface area contributed by atoms with Crippen molar-refractivity contribution in [2.24, 2.45) is 0 Å². The zero-order valence-electron chi connectivity index (χ0n) is 15.3. The van der Waals surface area contributed by atoms with Gasteiger partial charge in [0.15, 0.2) is 0 Å². The highest BCUT2D eigenvalue weighted by Crippen LogP contribution is 2.31. The summed E-state index contributed by atoms with van der Waals surface area (Å²) < 4.78 is 26.2. The number of carbonyl (C=O) groups is 1. The minimum atomic E-state index is -3.58. The van der Waals surface area contributed by atoms with Crippen molar-refractivity contribution in [3.8, 4) is 0 Å². The molecule has 0 aliphatic carbocycles. The number of benzene rings is 2. The average Bonchev–Trinajstić information content (AvgIpc) is 3.06. The van der Waals surface area contributed by atoms with Gasteiger partial charge in [0.1, 0.15) is 6.04 Å². The second-order valence-corrected chi connectivity index (χ2v) is 8.83. The van der Waals surface area contributed by atoms with E-state index < -0.39 is 15.9 Å². The lowest BCUT2D eigenvalue weighted by molar-refractivity contribution is -0.121. The molecule has 27 heavy (non-hydrogen) atoms. The van der Waals surface area contributed by atoms with E-state index in [0.717, 1.165) is 30.3 Å². The molecule has 0 radical (unpaired) electrons. The third-order valence-electron chi connectivity index (χ3n) is 5.02. The number of anilines is 1. The van der Waals surface area contributed by atoms with Crippen LogP contribution < -0.4 is 4.90 Å². The number of para-hydroxylation sites is 3. The molecule has 1 unspecified atom stereocenters. The highest BCUT2D eigenvalue weighted by atomic mass is 32.2. The van der Waals surface area contributed by atoms with E-state index in [0.29, 0.717) is 17.6 Å². The Morgan fingerprint density at radius 1 is 1.11 bits per heavy atom. The highest BCUT2D eigenvalue weighted by Gasteiger charge is 2.31. The van der Waals surface area contributed by atoms with Crippen LogP contribution in [-0.2, 0) is 21.1 Å². The first-order valence-electron chi connectivity index (χ1n) is 8.94. The van der Waals surface area contributed by atoms with Crippen LogP contribution >= 0.6 is 0 Å². The van der Waals surface area contributed by atoms with Gasteiger partial charge in [0.05, 0.1) is 11.0 Å². The fraction of sp³-hybridized carbons (Fsp3) is 0.300. The molecule has 0 bridgehead atoms. The van der Waals surface area contributed by atoms with E-state index in [1.54, 1.807) is 34.6 Å². The summed E-state index contributed by atoms with van der Waals surface area (Å²) >= 11 is 0. The van der Waals surface area contributed by atoms with E-state index >= 15 is 0 Å². The average molecular weight is 383 g/mol. The largest absolute Gasteiger partial charge is 0.310 e. The van der Waals surface area contributed by atoms with Crippen LogP contribution in [0.1, 0.15) is 24.9 Å². The molecule has 7 heteroatoms. The molecule has 1 atom stereocenters. The Morgan fingerprint density at radius 2 is 1.81 bits per heavy atom. The molecule has 6 nitrogen and oxygen atoms in total. The van der Waals surface area contributed by atoms with Crippen LogP contribution in [0, 0.1) is 0 Å². The van der Waals surface area contributed by atoms with Crippen molar-refractivity contribution in [2.75, 3.05) is 17.7 Å². The number of hydrogen-bond donors (Lipinski definition) is 0. The molecular formula is C20H21N3O3S. The van der Waals surface area contributed by atoms with Crippen molar-refractivity contribution >= 4 is 32.5 Å². The monoisotopic (exact) mass is 383 g/mol. The third-order valence-corrected chi connectivity index (χ3v) is 5.97. The molecule has 0 saturated carbocycles. The van der Waals surface area contributed by atoms with Gasteiger partial charge >= 0.3 is 0 Å². The molecule has 2 aromatic carbocycles. The molecule has 1 amide bonds. The highest BCUT2D eigenvalue weighted by molar-refractivity contribution is 7.90. The fourth-order valence-electron chi connectivity index (χ4n) is 3.76. The van der Waals surface area contributed by atoms with Crippen molar-refractivity contribution in [1.29, 1.82) is 0 Å². The lowest BCUT2D eigenvalue weighted by Gasteiger charge is -2.32. The van der Waals surface area contributed by atoms with Gasteiger partial charge in [0.2, 0.25) is 20.9 Å². The van der Waals surface area contributed by atoms with Gasteiger partial charge in [-0.05, 0) is 43.5 Å². The van der Waals surface area contributed by atoms with Crippen molar-refractivity contribution in [3.63, 3.8) is 0 Å². The Bertz CT molecular complexity index is 1130. The molecule has 140 valence electrons. The smallest absolute Gasteiger partial charge is 0.249 e. The van der Waals surface area contributed by atoms with Gasteiger partial charge in [-0.3, -0.25) is 4.79 Å². The van der Waals surface area contributed by atoms with Gasteiger partial charge < -0.3 is 9.47 Å². The minimum Gasteiger partial charge on any atom is -0.310 e. The zero-order chi connectivity index (χ0) is 19.2. The molecule has 1 aliphatic rings. The van der Waals surface area contributed by atoms with Crippen LogP contribution in [0.5, 0.6) is 0 Å². The molecule has 1 aliphatic heterocycles. The van der Waals surface area contributed by atoms with Crippen molar-refractivity contribution in [1.82, 2.24) is 9.55 Å². The SMILES string of the molecule is CC(C(=O)N1CCCc2ccccc21)n1c(S(C)(=O)=O)nc2ccccc21. The Hall–Kier alpha value is -2.67. The first-order valence-corrected chi connectivity index (χ1v) is 10.8. The Balaban J connectivity index is 1.82. The first kappa shape index (κ1) is 17.7. The Morgan fingerprint density at radius 3 is 2.59 bits per heavy atom. The van der Waals surface area contributed by atoms with Gasteiger partial charge in [0.25, 0.3) is 0 Å². The predicted octanol–water partition coefficient (Wildman–Crippen LogP) is 2.98. The maximum absolute atomic E-state index is 13.4. The lowest BCUT2D eigenvalue weighted by atomic mass is 10.0. The van der Waals surface area contributed by atoms with Gasteiger partial charge in [0, 0.05) is 18.5 Å². The van der Waals surface area contributed by atoms with Crippen LogP contribution in [0.3, 0.4) is 0 Å². The van der Waals surface area contributed by atoms with Crippen LogP contribution in [0.25, 0.3) is 11.0 Å². The maximum Gasteiger partial charge on any atom is 0.249 e. The van der Waals surface area contributed by atoms with Gasteiger partial charge in [-0.2, -0.15) is 0 Å². The van der Waals surface area contributed by atoms with E-state index in [-0.39, 0.29) is 11.1 Å². The number of fused-ring (bicyclic) bond motifs is 2. The zero-order valence-corrected chi connectivity index (χ0v) is 16.1. The number of aryl methyl sites for hydroxylation is 1. The molecule has 4 rings (SSSR count). The number of carbonyl (C=O) groups excluding carboxylic acids is 1. The van der Waals surface area contributed by atoms with Crippen LogP contribution in [0.15, 0.2) is 53.7 Å². The summed E-state index contributed by atoms with van der Waals surface area (Å²) in [6.07, 6.45) is 2.95. The van der Waals surface area contributed by atoms with E-state index in [1.807, 2.05) is 30.3 Å². The summed E-state index contributed by atoms with van der Waals surface area (Å²) in [6, 6.07) is 14.4. The number of aromatic nitrogens is 2. The number of rotatable bonds is 3. The molecular weight excluding hydrogens is 362 g/mol. The number of hydrogen-bond acceptors (Lipinski definition) is 4. The molecule has 0 fully saturated rings. The van der Waals surface area contributed by atoms with Crippen molar-refractivity contribution in [3.05, 3.63) is 54.1 Å². The predicted molar refractivity (Wildman–Crippen MR) is 105 cm³/mol. The van der Waals surface area contributed by atoms with E-state index in [2.05, 4.69) is 4.98 Å². The topological polar surface area (TPSA) is 72.3 Å². The number of amides is 1. The summed E-state index contributed by atoms with van der Waals surface area (Å²) in [6.45, 7) is 2.36. The molecule has 0 N–H and O–H groups in total. The van der Waals surface area contributed by atoms with Gasteiger partial charge in [-0.15, -0.1) is 0 Å².